The van der Waals surface area contributed by atoms with Gasteiger partial charge < -0.3 is 5.32 Å². The lowest BCUT2D eigenvalue weighted by Crippen LogP contribution is -2.62. The van der Waals surface area contributed by atoms with Crippen molar-refractivity contribution in [3.05, 3.63) is 16.4 Å². The van der Waals surface area contributed by atoms with Gasteiger partial charge in [0.05, 0.1) is 16.4 Å². The number of piperazine rings is 1. The quantitative estimate of drug-likeness (QED) is 0.887. The standard InChI is InChI=1S/C15H26ClN5/c1-3-13-15(16)14(21(4-2)18-13)11-19-9-12(10-19)20-7-5-17-6-8-20/h12,17H,3-11H2,1-2H3. The number of nitrogens with one attached hydrogen (secondary N) is 1. The molecule has 6 heteroatoms. The largest absolute Gasteiger partial charge is 0.314 e. The highest BCUT2D eigenvalue weighted by molar-refractivity contribution is 6.31. The number of aromatic nitrogens is 2. The van der Waals surface area contributed by atoms with Gasteiger partial charge in [-0.15, -0.1) is 0 Å². The summed E-state index contributed by atoms with van der Waals surface area (Å²) in [5.41, 5.74) is 2.22. The molecule has 0 atom stereocenters. The Labute approximate surface area is 132 Å². The number of nitrogens with zero attached hydrogens (tertiary/aromatic N) is 4. The second kappa shape index (κ2) is 6.65. The molecule has 0 amide bonds. The third kappa shape index (κ3) is 3.11. The molecule has 1 N–H and O–H groups in total. The number of hydrogen-bond donors (Lipinski definition) is 1. The Bertz CT molecular complexity index is 475. The number of halogens is 1. The molecule has 21 heavy (non-hydrogen) atoms. The lowest BCUT2D eigenvalue weighted by molar-refractivity contribution is 0.0208. The Morgan fingerprint density at radius 3 is 2.57 bits per heavy atom. The van der Waals surface area contributed by atoms with Gasteiger partial charge in [-0.3, -0.25) is 14.5 Å². The van der Waals surface area contributed by atoms with E-state index in [0.717, 1.165) is 62.4 Å². The molecule has 0 aliphatic carbocycles. The highest BCUT2D eigenvalue weighted by atomic mass is 35.5. The molecule has 5 nitrogen and oxygen atoms in total. The minimum atomic E-state index is 0.731. The molecule has 2 fully saturated rings. The normalized spacial score (nSPS) is 21.7. The first-order valence-corrected chi connectivity index (χ1v) is 8.51. The summed E-state index contributed by atoms with van der Waals surface area (Å²) < 4.78 is 2.07. The number of likely N-dealkylation sites (tertiary alicyclic amines) is 1. The fourth-order valence-corrected chi connectivity index (χ4v) is 3.66. The molecule has 0 bridgehead atoms. The van der Waals surface area contributed by atoms with Crippen molar-refractivity contribution in [2.24, 2.45) is 0 Å². The smallest absolute Gasteiger partial charge is 0.0863 e. The molecule has 0 spiro atoms. The molecular weight excluding hydrogens is 286 g/mol. The molecule has 1 aromatic heterocycles. The van der Waals surface area contributed by atoms with Gasteiger partial charge in [-0.1, -0.05) is 18.5 Å². The van der Waals surface area contributed by atoms with E-state index in [-0.39, 0.29) is 0 Å². The van der Waals surface area contributed by atoms with E-state index >= 15 is 0 Å². The molecule has 0 unspecified atom stereocenters. The summed E-state index contributed by atoms with van der Waals surface area (Å²) in [6.45, 7) is 13.0. The van der Waals surface area contributed by atoms with Crippen LogP contribution in [0.2, 0.25) is 5.02 Å². The topological polar surface area (TPSA) is 36.3 Å². The van der Waals surface area contributed by atoms with Gasteiger partial charge >= 0.3 is 0 Å². The molecule has 2 aliphatic rings. The molecule has 3 heterocycles. The first-order chi connectivity index (χ1) is 10.2. The van der Waals surface area contributed by atoms with Gasteiger partial charge in [0.15, 0.2) is 0 Å². The van der Waals surface area contributed by atoms with Crippen LogP contribution < -0.4 is 5.32 Å². The second-order valence-corrected chi connectivity index (χ2v) is 6.39. The lowest BCUT2D eigenvalue weighted by atomic mass is 10.1. The van der Waals surface area contributed by atoms with Gasteiger partial charge in [-0.2, -0.15) is 5.10 Å². The zero-order chi connectivity index (χ0) is 14.8. The number of hydrogen-bond acceptors (Lipinski definition) is 4. The Morgan fingerprint density at radius 2 is 1.95 bits per heavy atom. The van der Waals surface area contributed by atoms with E-state index in [1.807, 2.05) is 0 Å². The molecule has 2 aliphatic heterocycles. The molecule has 2 saturated heterocycles. The SMILES string of the molecule is CCc1nn(CC)c(CN2CC(N3CCNCC3)C2)c1Cl. The van der Waals surface area contributed by atoms with Crippen LogP contribution in [0.15, 0.2) is 0 Å². The van der Waals surface area contributed by atoms with Crippen LogP contribution in [-0.4, -0.2) is 64.9 Å². The van der Waals surface area contributed by atoms with Crippen molar-refractivity contribution in [1.82, 2.24) is 24.9 Å². The third-order valence-corrected chi connectivity index (χ3v) is 5.11. The maximum Gasteiger partial charge on any atom is 0.0863 e. The first-order valence-electron chi connectivity index (χ1n) is 8.14. The molecule has 1 aromatic rings. The highest BCUT2D eigenvalue weighted by Crippen LogP contribution is 2.26. The molecular formula is C15H26ClN5. The van der Waals surface area contributed by atoms with Crippen molar-refractivity contribution in [3.8, 4) is 0 Å². The molecule has 118 valence electrons. The maximum absolute atomic E-state index is 6.49. The molecule has 0 radical (unpaired) electrons. The summed E-state index contributed by atoms with van der Waals surface area (Å²) in [7, 11) is 0. The zero-order valence-electron chi connectivity index (χ0n) is 13.1. The monoisotopic (exact) mass is 311 g/mol. The Balaban J connectivity index is 1.57. The van der Waals surface area contributed by atoms with E-state index in [1.165, 1.54) is 18.8 Å². The van der Waals surface area contributed by atoms with Gasteiger partial charge in [0, 0.05) is 58.4 Å². The van der Waals surface area contributed by atoms with Gasteiger partial charge in [-0.25, -0.2) is 0 Å². The molecule has 0 aromatic carbocycles. The van der Waals surface area contributed by atoms with E-state index in [4.69, 9.17) is 11.6 Å². The number of rotatable bonds is 5. The Morgan fingerprint density at radius 1 is 1.24 bits per heavy atom. The van der Waals surface area contributed by atoms with Gasteiger partial charge in [0.25, 0.3) is 0 Å². The summed E-state index contributed by atoms with van der Waals surface area (Å²) in [5.74, 6) is 0. The van der Waals surface area contributed by atoms with Gasteiger partial charge in [0.2, 0.25) is 0 Å². The van der Waals surface area contributed by atoms with Crippen LogP contribution in [0.5, 0.6) is 0 Å². The van der Waals surface area contributed by atoms with Crippen LogP contribution >= 0.6 is 11.6 Å². The minimum Gasteiger partial charge on any atom is -0.314 e. The van der Waals surface area contributed by atoms with Crippen molar-refractivity contribution >= 4 is 11.6 Å². The van der Waals surface area contributed by atoms with Crippen molar-refractivity contribution < 1.29 is 0 Å². The van der Waals surface area contributed by atoms with Gasteiger partial charge in [0.1, 0.15) is 0 Å². The second-order valence-electron chi connectivity index (χ2n) is 6.01. The predicted molar refractivity (Wildman–Crippen MR) is 85.8 cm³/mol. The average molecular weight is 312 g/mol. The van der Waals surface area contributed by atoms with E-state index in [2.05, 4.69) is 38.7 Å². The Kier molecular flexibility index (Phi) is 4.84. The van der Waals surface area contributed by atoms with Gasteiger partial charge in [-0.05, 0) is 13.3 Å². The highest BCUT2D eigenvalue weighted by Gasteiger charge is 2.33. The van der Waals surface area contributed by atoms with Crippen LogP contribution in [0, 0.1) is 0 Å². The molecule has 0 saturated carbocycles. The van der Waals surface area contributed by atoms with Crippen LogP contribution in [0.4, 0.5) is 0 Å². The summed E-state index contributed by atoms with van der Waals surface area (Å²) >= 11 is 6.49. The summed E-state index contributed by atoms with van der Waals surface area (Å²) in [6, 6.07) is 0.731. The fourth-order valence-electron chi connectivity index (χ4n) is 3.33. The molecule has 3 rings (SSSR count). The van der Waals surface area contributed by atoms with Crippen molar-refractivity contribution in [2.75, 3.05) is 39.3 Å². The van der Waals surface area contributed by atoms with Crippen LogP contribution in [0.3, 0.4) is 0 Å². The summed E-state index contributed by atoms with van der Waals surface area (Å²) in [6.07, 6.45) is 0.905. The van der Waals surface area contributed by atoms with Crippen LogP contribution in [0.25, 0.3) is 0 Å². The minimum absolute atomic E-state index is 0.731. The summed E-state index contributed by atoms with van der Waals surface area (Å²) in [5, 5.41) is 8.90. The predicted octanol–water partition coefficient (Wildman–Crippen LogP) is 1.21. The van der Waals surface area contributed by atoms with E-state index in [0.29, 0.717) is 0 Å². The maximum atomic E-state index is 6.49. The number of aryl methyl sites for hydroxylation is 2. The fraction of sp³-hybridized carbons (Fsp3) is 0.800. The van der Waals surface area contributed by atoms with E-state index in [9.17, 15) is 0 Å². The van der Waals surface area contributed by atoms with Crippen molar-refractivity contribution in [2.45, 2.75) is 39.4 Å². The van der Waals surface area contributed by atoms with Crippen molar-refractivity contribution in [3.63, 3.8) is 0 Å². The van der Waals surface area contributed by atoms with Crippen molar-refractivity contribution in [1.29, 1.82) is 0 Å². The average Bonchev–Trinajstić information content (AvgIpc) is 2.79. The third-order valence-electron chi connectivity index (χ3n) is 4.67. The zero-order valence-corrected chi connectivity index (χ0v) is 13.9. The van der Waals surface area contributed by atoms with Crippen LogP contribution in [0.1, 0.15) is 25.2 Å². The van der Waals surface area contributed by atoms with Crippen LogP contribution in [-0.2, 0) is 19.5 Å². The lowest BCUT2D eigenvalue weighted by Gasteiger charge is -2.46. The first kappa shape index (κ1) is 15.3. The Hall–Kier alpha value is -0.620. The summed E-state index contributed by atoms with van der Waals surface area (Å²) in [4.78, 5) is 5.10. The van der Waals surface area contributed by atoms with E-state index in [1.54, 1.807) is 0 Å². The van der Waals surface area contributed by atoms with E-state index < -0.39 is 0 Å².